The zero-order chi connectivity index (χ0) is 15.4. The summed E-state index contributed by atoms with van der Waals surface area (Å²) in [6, 6.07) is 26.2. The van der Waals surface area contributed by atoms with Crippen molar-refractivity contribution in [3.63, 3.8) is 0 Å². The van der Waals surface area contributed by atoms with E-state index in [1.807, 2.05) is 42.5 Å². The first-order valence-electron chi connectivity index (χ1n) is 7.46. The van der Waals surface area contributed by atoms with E-state index in [9.17, 15) is 4.79 Å². The highest BCUT2D eigenvalue weighted by Crippen LogP contribution is 2.20. The van der Waals surface area contributed by atoms with Crippen LogP contribution in [0.2, 0.25) is 0 Å². The van der Waals surface area contributed by atoms with Crippen LogP contribution in [-0.2, 0) is 6.42 Å². The minimum absolute atomic E-state index is 0.156. The highest BCUT2D eigenvalue weighted by atomic mass is 16.1. The van der Waals surface area contributed by atoms with Gasteiger partial charge in [0.05, 0.1) is 0 Å². The summed E-state index contributed by atoms with van der Waals surface area (Å²) < 4.78 is 0. The Morgan fingerprint density at radius 3 is 1.86 bits per heavy atom. The van der Waals surface area contributed by atoms with Crippen molar-refractivity contribution in [2.24, 2.45) is 0 Å². The number of hydrogen-bond donors (Lipinski definition) is 0. The molecule has 1 heteroatoms. The van der Waals surface area contributed by atoms with Crippen LogP contribution in [0.15, 0.2) is 78.9 Å². The lowest BCUT2D eigenvalue weighted by Crippen LogP contribution is -2.02. The second kappa shape index (κ2) is 6.40. The molecule has 0 bridgehead atoms. The molecule has 0 aromatic heterocycles. The molecule has 0 fully saturated rings. The normalized spacial score (nSPS) is 10.4. The molecule has 0 N–H and O–H groups in total. The van der Waals surface area contributed by atoms with Crippen molar-refractivity contribution >= 4 is 5.78 Å². The van der Waals surface area contributed by atoms with E-state index in [1.165, 1.54) is 16.7 Å². The van der Waals surface area contributed by atoms with Crippen LogP contribution in [0.1, 0.15) is 21.5 Å². The van der Waals surface area contributed by atoms with Gasteiger partial charge in [-0.3, -0.25) is 4.79 Å². The predicted octanol–water partition coefficient (Wildman–Crippen LogP) is 5.09. The van der Waals surface area contributed by atoms with Crippen LogP contribution in [-0.4, -0.2) is 5.78 Å². The topological polar surface area (TPSA) is 17.1 Å². The van der Waals surface area contributed by atoms with Gasteiger partial charge in [0.15, 0.2) is 5.78 Å². The molecule has 0 heterocycles. The highest BCUT2D eigenvalue weighted by molar-refractivity contribution is 5.97. The minimum Gasteiger partial charge on any atom is -0.294 e. The summed E-state index contributed by atoms with van der Waals surface area (Å²) in [5, 5.41) is 0. The predicted molar refractivity (Wildman–Crippen MR) is 91.1 cm³/mol. The first-order valence-corrected chi connectivity index (χ1v) is 7.46. The molecular weight excluding hydrogens is 268 g/mol. The maximum atomic E-state index is 12.2. The lowest BCUT2D eigenvalue weighted by Gasteiger charge is -2.05. The largest absolute Gasteiger partial charge is 0.294 e. The highest BCUT2D eigenvalue weighted by Gasteiger charge is 2.06. The quantitative estimate of drug-likeness (QED) is 0.611. The zero-order valence-electron chi connectivity index (χ0n) is 12.6. The molecule has 22 heavy (non-hydrogen) atoms. The summed E-state index contributed by atoms with van der Waals surface area (Å²) >= 11 is 0. The second-order valence-corrected chi connectivity index (χ2v) is 5.53. The van der Waals surface area contributed by atoms with Gasteiger partial charge >= 0.3 is 0 Å². The summed E-state index contributed by atoms with van der Waals surface area (Å²) in [5.74, 6) is 0.156. The number of rotatable bonds is 4. The van der Waals surface area contributed by atoms with Crippen LogP contribution in [0.4, 0.5) is 0 Å². The van der Waals surface area contributed by atoms with Gasteiger partial charge < -0.3 is 0 Å². The summed E-state index contributed by atoms with van der Waals surface area (Å²) in [6.45, 7) is 2.09. The number of ketones is 1. The van der Waals surface area contributed by atoms with Gasteiger partial charge in [0.2, 0.25) is 0 Å². The molecule has 0 amide bonds. The van der Waals surface area contributed by atoms with E-state index in [0.29, 0.717) is 6.42 Å². The third kappa shape index (κ3) is 3.32. The Kier molecular flexibility index (Phi) is 4.15. The summed E-state index contributed by atoms with van der Waals surface area (Å²) in [5.41, 5.74) is 5.45. The van der Waals surface area contributed by atoms with Crippen molar-refractivity contribution in [1.29, 1.82) is 0 Å². The Bertz CT molecular complexity index is 753. The molecule has 3 rings (SSSR count). The SMILES string of the molecule is Cc1ccc(-c2ccc(CC(=O)c3ccccc3)cc2)cc1. The smallest absolute Gasteiger partial charge is 0.167 e. The number of aryl methyl sites for hydroxylation is 1. The lowest BCUT2D eigenvalue weighted by molar-refractivity contribution is 0.0993. The molecule has 0 saturated carbocycles. The van der Waals surface area contributed by atoms with Crippen LogP contribution < -0.4 is 0 Å². The number of carbonyl (C=O) groups excluding carboxylic acids is 1. The third-order valence-corrected chi connectivity index (χ3v) is 3.80. The standard InChI is InChI=1S/C21H18O/c1-16-7-11-18(12-8-16)19-13-9-17(10-14-19)15-21(22)20-5-3-2-4-6-20/h2-14H,15H2,1H3. The van der Waals surface area contributed by atoms with Gasteiger partial charge in [0.25, 0.3) is 0 Å². The molecule has 108 valence electrons. The molecule has 0 unspecified atom stereocenters. The molecule has 0 saturated heterocycles. The Morgan fingerprint density at radius 1 is 0.727 bits per heavy atom. The van der Waals surface area contributed by atoms with Crippen molar-refractivity contribution < 1.29 is 4.79 Å². The molecule has 0 aliphatic rings. The number of carbonyl (C=O) groups is 1. The summed E-state index contributed by atoms with van der Waals surface area (Å²) in [7, 11) is 0. The van der Waals surface area contributed by atoms with Crippen LogP contribution in [0, 0.1) is 6.92 Å². The maximum absolute atomic E-state index is 12.2. The van der Waals surface area contributed by atoms with Crippen molar-refractivity contribution in [2.45, 2.75) is 13.3 Å². The van der Waals surface area contributed by atoms with E-state index < -0.39 is 0 Å². The molecular formula is C21H18O. The monoisotopic (exact) mass is 286 g/mol. The maximum Gasteiger partial charge on any atom is 0.167 e. The molecule has 0 aliphatic carbocycles. The van der Waals surface area contributed by atoms with E-state index in [2.05, 4.69) is 43.3 Å². The molecule has 0 aliphatic heterocycles. The Morgan fingerprint density at radius 2 is 1.27 bits per heavy atom. The van der Waals surface area contributed by atoms with E-state index in [4.69, 9.17) is 0 Å². The van der Waals surface area contributed by atoms with Gasteiger partial charge in [-0.15, -0.1) is 0 Å². The Labute approximate surface area is 131 Å². The Balaban J connectivity index is 1.74. The van der Waals surface area contributed by atoms with Crippen LogP contribution in [0.5, 0.6) is 0 Å². The zero-order valence-corrected chi connectivity index (χ0v) is 12.6. The van der Waals surface area contributed by atoms with Gasteiger partial charge in [0.1, 0.15) is 0 Å². The van der Waals surface area contributed by atoms with E-state index >= 15 is 0 Å². The van der Waals surface area contributed by atoms with Gasteiger partial charge in [-0.2, -0.15) is 0 Å². The Hall–Kier alpha value is -2.67. The molecule has 3 aromatic rings. The van der Waals surface area contributed by atoms with Crippen molar-refractivity contribution in [3.05, 3.63) is 95.6 Å². The van der Waals surface area contributed by atoms with Gasteiger partial charge in [0, 0.05) is 12.0 Å². The van der Waals surface area contributed by atoms with Gasteiger partial charge in [-0.1, -0.05) is 84.4 Å². The third-order valence-electron chi connectivity index (χ3n) is 3.80. The van der Waals surface area contributed by atoms with Crippen molar-refractivity contribution in [2.75, 3.05) is 0 Å². The lowest BCUT2D eigenvalue weighted by atomic mass is 9.99. The molecule has 0 atom stereocenters. The van der Waals surface area contributed by atoms with Crippen molar-refractivity contribution in [3.8, 4) is 11.1 Å². The summed E-state index contributed by atoms with van der Waals surface area (Å²) in [4.78, 5) is 12.2. The molecule has 0 spiro atoms. The van der Waals surface area contributed by atoms with E-state index in [-0.39, 0.29) is 5.78 Å². The molecule has 1 nitrogen and oxygen atoms in total. The fourth-order valence-electron chi connectivity index (χ4n) is 2.47. The first-order chi connectivity index (χ1) is 10.7. The number of benzene rings is 3. The van der Waals surface area contributed by atoms with Gasteiger partial charge in [-0.25, -0.2) is 0 Å². The molecule has 3 aromatic carbocycles. The van der Waals surface area contributed by atoms with E-state index in [0.717, 1.165) is 11.1 Å². The number of Topliss-reactive ketones (excluding diaryl/α,β-unsaturated/α-hetero) is 1. The fourth-order valence-corrected chi connectivity index (χ4v) is 2.47. The second-order valence-electron chi connectivity index (χ2n) is 5.53. The van der Waals surface area contributed by atoms with E-state index in [1.54, 1.807) is 0 Å². The van der Waals surface area contributed by atoms with Crippen LogP contribution in [0.25, 0.3) is 11.1 Å². The molecule has 0 radical (unpaired) electrons. The first kappa shape index (κ1) is 14.3. The minimum atomic E-state index is 0.156. The van der Waals surface area contributed by atoms with Crippen LogP contribution in [0.3, 0.4) is 0 Å². The fraction of sp³-hybridized carbons (Fsp3) is 0.0952. The van der Waals surface area contributed by atoms with Gasteiger partial charge in [-0.05, 0) is 23.6 Å². The van der Waals surface area contributed by atoms with Crippen LogP contribution >= 0.6 is 0 Å². The average molecular weight is 286 g/mol. The van der Waals surface area contributed by atoms with Crippen molar-refractivity contribution in [1.82, 2.24) is 0 Å². The average Bonchev–Trinajstić information content (AvgIpc) is 2.57. The number of hydrogen-bond acceptors (Lipinski definition) is 1. The summed E-state index contributed by atoms with van der Waals surface area (Å²) in [6.07, 6.45) is 0.443.